The Kier molecular flexibility index (Phi) is 2.24. The number of hydrogen-bond acceptors (Lipinski definition) is 1. The van der Waals surface area contributed by atoms with Gasteiger partial charge >= 0.3 is 0 Å². The van der Waals surface area contributed by atoms with Crippen molar-refractivity contribution < 1.29 is 4.39 Å². The predicted octanol–water partition coefficient (Wildman–Crippen LogP) is 2.31. The molecule has 0 atom stereocenters. The summed E-state index contributed by atoms with van der Waals surface area (Å²) < 4.78 is 12.8. The molecule has 64 valence electrons. The van der Waals surface area contributed by atoms with Gasteiger partial charge in [0.2, 0.25) is 0 Å². The third-order valence-electron chi connectivity index (χ3n) is 1.67. The number of nitrogens with one attached hydrogen (secondary N) is 1. The van der Waals surface area contributed by atoms with Gasteiger partial charge < -0.3 is 10.7 Å². The van der Waals surface area contributed by atoms with Crippen LogP contribution >= 0.6 is 12.4 Å². The maximum absolute atomic E-state index is 12.8. The molecule has 0 aliphatic rings. The van der Waals surface area contributed by atoms with Crippen molar-refractivity contribution in [2.45, 2.75) is 0 Å². The SMILES string of the molecule is Cl.Nc1cc2[nH]ccc2cc1F. The van der Waals surface area contributed by atoms with Crippen LogP contribution in [0.4, 0.5) is 10.1 Å². The highest BCUT2D eigenvalue weighted by molar-refractivity contribution is 5.85. The van der Waals surface area contributed by atoms with E-state index < -0.39 is 0 Å². The Morgan fingerprint density at radius 3 is 2.83 bits per heavy atom. The number of aromatic amines is 1. The Labute approximate surface area is 75.0 Å². The lowest BCUT2D eigenvalue weighted by Crippen LogP contribution is -1.88. The zero-order valence-electron chi connectivity index (χ0n) is 6.17. The van der Waals surface area contributed by atoms with Gasteiger partial charge in [-0.25, -0.2) is 4.39 Å². The third kappa shape index (κ3) is 1.23. The zero-order chi connectivity index (χ0) is 7.84. The second-order valence-corrected chi connectivity index (χ2v) is 2.44. The van der Waals surface area contributed by atoms with Crippen LogP contribution < -0.4 is 5.73 Å². The van der Waals surface area contributed by atoms with Gasteiger partial charge in [-0.15, -0.1) is 12.4 Å². The maximum atomic E-state index is 12.8. The average molecular weight is 187 g/mol. The van der Waals surface area contributed by atoms with Crippen molar-refractivity contribution in [2.75, 3.05) is 5.73 Å². The highest BCUT2D eigenvalue weighted by Gasteiger charge is 2.00. The highest BCUT2D eigenvalue weighted by atomic mass is 35.5. The van der Waals surface area contributed by atoms with E-state index in [2.05, 4.69) is 4.98 Å². The number of nitrogens with two attached hydrogens (primary N) is 1. The molecule has 0 saturated carbocycles. The number of fused-ring (bicyclic) bond motifs is 1. The van der Waals surface area contributed by atoms with Crippen LogP contribution in [0.1, 0.15) is 0 Å². The van der Waals surface area contributed by atoms with E-state index in [9.17, 15) is 4.39 Å². The Hall–Kier alpha value is -1.22. The monoisotopic (exact) mass is 186 g/mol. The van der Waals surface area contributed by atoms with Crippen molar-refractivity contribution in [3.63, 3.8) is 0 Å². The molecule has 0 unspecified atom stereocenters. The Morgan fingerprint density at radius 1 is 1.33 bits per heavy atom. The third-order valence-corrected chi connectivity index (χ3v) is 1.67. The van der Waals surface area contributed by atoms with Gasteiger partial charge in [0.15, 0.2) is 0 Å². The van der Waals surface area contributed by atoms with E-state index >= 15 is 0 Å². The number of aromatic nitrogens is 1. The van der Waals surface area contributed by atoms with Crippen LogP contribution in [0.3, 0.4) is 0 Å². The minimum absolute atomic E-state index is 0. The molecule has 0 aliphatic carbocycles. The van der Waals surface area contributed by atoms with Gasteiger partial charge in [-0.05, 0) is 18.2 Å². The smallest absolute Gasteiger partial charge is 0.146 e. The summed E-state index contributed by atoms with van der Waals surface area (Å²) in [6.07, 6.45) is 1.75. The van der Waals surface area contributed by atoms with Crippen molar-refractivity contribution in [2.24, 2.45) is 0 Å². The van der Waals surface area contributed by atoms with Gasteiger partial charge in [-0.1, -0.05) is 0 Å². The van der Waals surface area contributed by atoms with Crippen LogP contribution in [0, 0.1) is 5.82 Å². The molecular formula is C8H8ClFN2. The van der Waals surface area contributed by atoms with E-state index in [-0.39, 0.29) is 23.9 Å². The Morgan fingerprint density at radius 2 is 2.08 bits per heavy atom. The van der Waals surface area contributed by atoms with Gasteiger partial charge in [0.05, 0.1) is 5.69 Å². The van der Waals surface area contributed by atoms with Crippen LogP contribution in [0.25, 0.3) is 10.9 Å². The minimum atomic E-state index is -0.364. The number of anilines is 1. The molecule has 3 N–H and O–H groups in total. The quantitative estimate of drug-likeness (QED) is 0.610. The topological polar surface area (TPSA) is 41.8 Å². The summed E-state index contributed by atoms with van der Waals surface area (Å²) in [5, 5.41) is 0.844. The number of rotatable bonds is 0. The van der Waals surface area contributed by atoms with Crippen LogP contribution in [-0.2, 0) is 0 Å². The van der Waals surface area contributed by atoms with Gasteiger partial charge in [0, 0.05) is 17.1 Å². The molecule has 0 aliphatic heterocycles. The lowest BCUT2D eigenvalue weighted by Gasteiger charge is -1.95. The average Bonchev–Trinajstić information content (AvgIpc) is 2.36. The largest absolute Gasteiger partial charge is 0.396 e. The molecule has 0 fully saturated rings. The first-order chi connectivity index (χ1) is 5.27. The standard InChI is InChI=1S/C8H7FN2.ClH/c9-6-3-5-1-2-11-8(5)4-7(6)10;/h1-4,11H,10H2;1H. The number of benzene rings is 1. The fourth-order valence-corrected chi connectivity index (χ4v) is 1.09. The first-order valence-electron chi connectivity index (χ1n) is 3.29. The maximum Gasteiger partial charge on any atom is 0.146 e. The zero-order valence-corrected chi connectivity index (χ0v) is 6.99. The molecule has 0 spiro atoms. The molecule has 12 heavy (non-hydrogen) atoms. The number of halogens is 2. The molecule has 2 nitrogen and oxygen atoms in total. The number of hydrogen-bond donors (Lipinski definition) is 2. The summed E-state index contributed by atoms with van der Waals surface area (Å²) in [6, 6.07) is 4.81. The van der Waals surface area contributed by atoms with Crippen LogP contribution in [0.5, 0.6) is 0 Å². The van der Waals surface area contributed by atoms with Crippen LogP contribution in [-0.4, -0.2) is 4.98 Å². The van der Waals surface area contributed by atoms with Gasteiger partial charge in [-0.3, -0.25) is 0 Å². The molecule has 0 amide bonds. The summed E-state index contributed by atoms with van der Waals surface area (Å²) in [4.78, 5) is 2.94. The molecule has 0 bridgehead atoms. The summed E-state index contributed by atoms with van der Waals surface area (Å²) in [7, 11) is 0. The highest BCUT2D eigenvalue weighted by Crippen LogP contribution is 2.18. The first-order valence-corrected chi connectivity index (χ1v) is 3.29. The molecule has 0 radical (unpaired) electrons. The van der Waals surface area contributed by atoms with E-state index in [0.717, 1.165) is 10.9 Å². The fourth-order valence-electron chi connectivity index (χ4n) is 1.09. The lowest BCUT2D eigenvalue weighted by atomic mass is 10.2. The van der Waals surface area contributed by atoms with Crippen molar-refractivity contribution in [3.8, 4) is 0 Å². The van der Waals surface area contributed by atoms with E-state index in [1.165, 1.54) is 6.07 Å². The van der Waals surface area contributed by atoms with E-state index in [1.54, 1.807) is 18.3 Å². The molecule has 2 rings (SSSR count). The molecule has 2 aromatic rings. The van der Waals surface area contributed by atoms with Crippen molar-refractivity contribution in [1.29, 1.82) is 0 Å². The van der Waals surface area contributed by atoms with Crippen molar-refractivity contribution in [1.82, 2.24) is 4.98 Å². The molecule has 1 aromatic carbocycles. The Balaban J connectivity index is 0.000000720. The predicted molar refractivity (Wildman–Crippen MR) is 49.9 cm³/mol. The summed E-state index contributed by atoms with van der Waals surface area (Å²) in [5.41, 5.74) is 6.40. The lowest BCUT2D eigenvalue weighted by molar-refractivity contribution is 0.634. The van der Waals surface area contributed by atoms with Crippen LogP contribution in [0.15, 0.2) is 24.4 Å². The molecular weight excluding hydrogens is 179 g/mol. The summed E-state index contributed by atoms with van der Waals surface area (Å²) >= 11 is 0. The first kappa shape index (κ1) is 8.87. The number of nitrogen functional groups attached to an aromatic ring is 1. The summed E-state index contributed by atoms with van der Waals surface area (Å²) in [6.45, 7) is 0. The van der Waals surface area contributed by atoms with E-state index in [1.807, 2.05) is 0 Å². The molecule has 0 saturated heterocycles. The van der Waals surface area contributed by atoms with Gasteiger partial charge in [-0.2, -0.15) is 0 Å². The Bertz CT molecular complexity index is 361. The van der Waals surface area contributed by atoms with E-state index in [4.69, 9.17) is 5.73 Å². The molecule has 1 heterocycles. The van der Waals surface area contributed by atoms with Gasteiger partial charge in [0.1, 0.15) is 5.82 Å². The second kappa shape index (κ2) is 3.03. The van der Waals surface area contributed by atoms with Crippen LogP contribution in [0.2, 0.25) is 0 Å². The summed E-state index contributed by atoms with van der Waals surface area (Å²) in [5.74, 6) is -0.364. The minimum Gasteiger partial charge on any atom is -0.396 e. The van der Waals surface area contributed by atoms with E-state index in [0.29, 0.717) is 0 Å². The van der Waals surface area contributed by atoms with Crippen molar-refractivity contribution in [3.05, 3.63) is 30.2 Å². The molecule has 4 heteroatoms. The number of H-pyrrole nitrogens is 1. The van der Waals surface area contributed by atoms with Crippen molar-refractivity contribution >= 4 is 29.0 Å². The second-order valence-electron chi connectivity index (χ2n) is 2.44. The van der Waals surface area contributed by atoms with Gasteiger partial charge in [0.25, 0.3) is 0 Å². The normalized spacial score (nSPS) is 9.75. The molecule has 1 aromatic heterocycles. The fraction of sp³-hybridized carbons (Fsp3) is 0.